The molecular weight excluding hydrogens is 424 g/mol. The molecule has 0 heterocycles. The first-order valence-corrected chi connectivity index (χ1v) is 12.1. The Kier molecular flexibility index (Phi) is 5.48. The highest BCUT2D eigenvalue weighted by Gasteiger charge is 2.27. The van der Waals surface area contributed by atoms with Gasteiger partial charge in [0.1, 0.15) is 9.79 Å². The van der Waals surface area contributed by atoms with Gasteiger partial charge < -0.3 is 0 Å². The lowest BCUT2D eigenvalue weighted by Crippen LogP contribution is -2.32. The number of hydrogen-bond donors (Lipinski definition) is 2. The average Bonchev–Trinajstić information content (AvgIpc) is 2.65. The first-order chi connectivity index (χ1) is 13.8. The highest BCUT2D eigenvalue weighted by Crippen LogP contribution is 2.32. The molecule has 0 spiro atoms. The van der Waals surface area contributed by atoms with Crippen LogP contribution in [0.4, 0.5) is 0 Å². The van der Waals surface area contributed by atoms with Crippen LogP contribution in [0.5, 0.6) is 0 Å². The molecule has 9 heteroatoms. The van der Waals surface area contributed by atoms with E-state index in [4.69, 9.17) is 5.14 Å². The van der Waals surface area contributed by atoms with Crippen LogP contribution >= 0.6 is 0 Å². The Labute approximate surface area is 176 Å². The third-order valence-corrected chi connectivity index (χ3v) is 7.14. The van der Waals surface area contributed by atoms with E-state index in [2.05, 4.69) is 0 Å². The number of rotatable bonds is 4. The fourth-order valence-corrected chi connectivity index (χ4v) is 5.64. The van der Waals surface area contributed by atoms with Gasteiger partial charge in [0.15, 0.2) is 0 Å². The van der Waals surface area contributed by atoms with E-state index in [9.17, 15) is 21.6 Å². The second-order valence-electron chi connectivity index (χ2n) is 7.88. The average molecular weight is 447 g/mol. The quantitative estimate of drug-likeness (QED) is 0.638. The number of fused-ring (bicyclic) bond motifs is 1. The summed E-state index contributed by atoms with van der Waals surface area (Å²) < 4.78 is 51.1. The maximum absolute atomic E-state index is 12.9. The van der Waals surface area contributed by atoms with E-state index in [-0.39, 0.29) is 11.0 Å². The molecular formula is C21H22N2O5S2. The molecule has 0 unspecified atom stereocenters. The van der Waals surface area contributed by atoms with E-state index >= 15 is 0 Å². The fourth-order valence-electron chi connectivity index (χ4n) is 3.29. The Morgan fingerprint density at radius 3 is 1.90 bits per heavy atom. The lowest BCUT2D eigenvalue weighted by molar-refractivity contribution is 0.0983. The van der Waals surface area contributed by atoms with Crippen molar-refractivity contribution in [2.75, 3.05) is 0 Å². The fraction of sp³-hybridized carbons (Fsp3) is 0.190. The summed E-state index contributed by atoms with van der Waals surface area (Å²) in [6, 6.07) is 15.4. The molecule has 0 bridgehead atoms. The summed E-state index contributed by atoms with van der Waals surface area (Å²) in [6.07, 6.45) is 0. The van der Waals surface area contributed by atoms with Gasteiger partial charge in [0.05, 0.1) is 0 Å². The minimum atomic E-state index is -4.49. The van der Waals surface area contributed by atoms with Crippen molar-refractivity contribution in [3.8, 4) is 0 Å². The predicted molar refractivity (Wildman–Crippen MR) is 115 cm³/mol. The molecule has 0 aliphatic carbocycles. The lowest BCUT2D eigenvalue weighted by Gasteiger charge is -2.22. The molecule has 0 fully saturated rings. The summed E-state index contributed by atoms with van der Waals surface area (Å²) in [5, 5.41) is 6.55. The summed E-state index contributed by atoms with van der Waals surface area (Å²) in [7, 11) is -8.79. The summed E-state index contributed by atoms with van der Waals surface area (Å²) in [5.74, 6) is -0.865. The molecule has 158 valence electrons. The van der Waals surface area contributed by atoms with Crippen LogP contribution in [-0.4, -0.2) is 22.7 Å². The largest absolute Gasteiger partial charge is 0.268 e. The van der Waals surface area contributed by atoms with E-state index in [1.807, 2.05) is 37.6 Å². The van der Waals surface area contributed by atoms with Crippen LogP contribution in [0, 0.1) is 0 Å². The minimum absolute atomic E-state index is 0.162. The second kappa shape index (κ2) is 7.50. The highest BCUT2D eigenvalue weighted by molar-refractivity contribution is 7.92. The van der Waals surface area contributed by atoms with Crippen molar-refractivity contribution in [3.63, 3.8) is 0 Å². The van der Waals surface area contributed by atoms with Crippen LogP contribution in [0.3, 0.4) is 0 Å². The molecule has 0 atom stereocenters. The SMILES string of the molecule is CC(C)(C)c1ccc(C(=O)NS(=O)(=O)c2ccccc2S(N)(=O)=O)c2ccccc12. The van der Waals surface area contributed by atoms with Gasteiger partial charge in [-0.1, -0.05) is 63.2 Å². The van der Waals surface area contributed by atoms with Gasteiger partial charge in [-0.05, 0) is 39.9 Å². The smallest absolute Gasteiger partial charge is 0.265 e. The van der Waals surface area contributed by atoms with Crippen LogP contribution < -0.4 is 9.86 Å². The highest BCUT2D eigenvalue weighted by atomic mass is 32.2. The Balaban J connectivity index is 2.09. The molecule has 0 saturated carbocycles. The number of nitrogens with two attached hydrogens (primary N) is 1. The lowest BCUT2D eigenvalue weighted by atomic mass is 9.82. The Hall–Kier alpha value is -2.75. The summed E-state index contributed by atoms with van der Waals surface area (Å²) in [6.45, 7) is 6.13. The zero-order valence-corrected chi connectivity index (χ0v) is 18.3. The van der Waals surface area contributed by atoms with Crippen molar-refractivity contribution in [1.82, 2.24) is 4.72 Å². The number of carbonyl (C=O) groups excluding carboxylic acids is 1. The molecule has 0 radical (unpaired) electrons. The number of nitrogens with one attached hydrogen (secondary N) is 1. The first-order valence-electron chi connectivity index (χ1n) is 9.03. The first kappa shape index (κ1) is 21.9. The van der Waals surface area contributed by atoms with Gasteiger partial charge in [0, 0.05) is 5.56 Å². The van der Waals surface area contributed by atoms with Crippen LogP contribution in [0.15, 0.2) is 70.5 Å². The van der Waals surface area contributed by atoms with Crippen molar-refractivity contribution in [2.24, 2.45) is 5.14 Å². The van der Waals surface area contributed by atoms with E-state index in [1.54, 1.807) is 24.3 Å². The van der Waals surface area contributed by atoms with E-state index < -0.39 is 35.7 Å². The van der Waals surface area contributed by atoms with Crippen LogP contribution in [0.25, 0.3) is 10.8 Å². The van der Waals surface area contributed by atoms with Crippen molar-refractivity contribution in [2.45, 2.75) is 36.0 Å². The van der Waals surface area contributed by atoms with E-state index in [0.717, 1.165) is 23.1 Å². The predicted octanol–water partition coefficient (Wildman–Crippen LogP) is 2.90. The third kappa shape index (κ3) is 4.23. The molecule has 0 aliphatic heterocycles. The molecule has 0 aromatic heterocycles. The number of primary sulfonamides is 1. The summed E-state index contributed by atoms with van der Waals surface area (Å²) >= 11 is 0. The normalized spacial score (nSPS) is 12.7. The number of amides is 1. The number of hydrogen-bond acceptors (Lipinski definition) is 5. The van der Waals surface area contributed by atoms with Crippen LogP contribution in [-0.2, 0) is 25.5 Å². The summed E-state index contributed by atoms with van der Waals surface area (Å²) in [4.78, 5) is 11.7. The Morgan fingerprint density at radius 2 is 1.33 bits per heavy atom. The number of sulfonamides is 2. The van der Waals surface area contributed by atoms with Crippen molar-refractivity contribution in [3.05, 3.63) is 71.8 Å². The molecule has 3 rings (SSSR count). The van der Waals surface area contributed by atoms with Crippen molar-refractivity contribution < 1.29 is 21.6 Å². The van der Waals surface area contributed by atoms with Gasteiger partial charge in [-0.2, -0.15) is 0 Å². The minimum Gasteiger partial charge on any atom is -0.268 e. The van der Waals surface area contributed by atoms with Gasteiger partial charge in [0.25, 0.3) is 15.9 Å². The maximum Gasteiger partial charge on any atom is 0.265 e. The van der Waals surface area contributed by atoms with Crippen molar-refractivity contribution in [1.29, 1.82) is 0 Å². The van der Waals surface area contributed by atoms with E-state index in [0.29, 0.717) is 5.39 Å². The van der Waals surface area contributed by atoms with Gasteiger partial charge >= 0.3 is 0 Å². The molecule has 0 aliphatic rings. The summed E-state index contributed by atoms with van der Waals surface area (Å²) in [5.41, 5.74) is 0.988. The maximum atomic E-state index is 12.9. The Bertz CT molecular complexity index is 1360. The topological polar surface area (TPSA) is 123 Å². The number of carbonyl (C=O) groups is 1. The monoisotopic (exact) mass is 446 g/mol. The molecule has 3 aromatic carbocycles. The third-order valence-electron chi connectivity index (χ3n) is 4.65. The molecule has 7 nitrogen and oxygen atoms in total. The van der Waals surface area contributed by atoms with E-state index in [1.165, 1.54) is 12.1 Å². The van der Waals surface area contributed by atoms with Gasteiger partial charge in [0.2, 0.25) is 10.0 Å². The van der Waals surface area contributed by atoms with Crippen LogP contribution in [0.2, 0.25) is 0 Å². The van der Waals surface area contributed by atoms with Gasteiger partial charge in [-0.15, -0.1) is 0 Å². The molecule has 3 aromatic rings. The Morgan fingerprint density at radius 1 is 0.800 bits per heavy atom. The van der Waals surface area contributed by atoms with Gasteiger partial charge in [-0.25, -0.2) is 26.7 Å². The zero-order valence-electron chi connectivity index (χ0n) is 16.7. The van der Waals surface area contributed by atoms with Crippen molar-refractivity contribution >= 4 is 36.7 Å². The number of benzene rings is 3. The molecule has 1 amide bonds. The molecule has 3 N–H and O–H groups in total. The standard InChI is InChI=1S/C21H22N2O5S2/c1-21(2,3)17-13-12-16(14-8-4-5-9-15(14)17)20(24)23-30(27,28)19-11-7-6-10-18(19)29(22,25)26/h4-13H,1-3H3,(H,23,24)(H2,22,25,26). The van der Waals surface area contributed by atoms with Gasteiger partial charge in [-0.3, -0.25) is 4.79 Å². The van der Waals surface area contributed by atoms with Crippen LogP contribution in [0.1, 0.15) is 36.7 Å². The zero-order chi connectivity index (χ0) is 22.3. The molecule has 0 saturated heterocycles. The second-order valence-corrected chi connectivity index (χ2v) is 11.1. The molecule has 30 heavy (non-hydrogen) atoms.